The molecule has 1 aromatic carbocycles. The lowest BCUT2D eigenvalue weighted by Gasteiger charge is -2.28. The van der Waals surface area contributed by atoms with Crippen molar-refractivity contribution in [1.29, 1.82) is 0 Å². The molecule has 0 unspecified atom stereocenters. The van der Waals surface area contributed by atoms with Gasteiger partial charge in [-0.1, -0.05) is 32.0 Å². The van der Waals surface area contributed by atoms with Gasteiger partial charge >= 0.3 is 17.9 Å². The molecule has 0 atom stereocenters. The fourth-order valence-electron chi connectivity index (χ4n) is 3.99. The molecule has 0 aromatic heterocycles. The third-order valence-electron chi connectivity index (χ3n) is 5.60. The summed E-state index contributed by atoms with van der Waals surface area (Å²) in [4.78, 5) is 51.3. The molecular weight excluding hydrogens is 452 g/mol. The van der Waals surface area contributed by atoms with E-state index in [9.17, 15) is 19.2 Å². The average Bonchev–Trinajstić information content (AvgIpc) is 2.82. The van der Waals surface area contributed by atoms with Crippen molar-refractivity contribution in [2.75, 3.05) is 25.1 Å². The predicted molar refractivity (Wildman–Crippen MR) is 130 cm³/mol. The standard InChI is InChI=1S/C26H34N2O7/c1-7-17-12-11-13-18(8-2)23(17)28-19(29)14-35-26(32)22-20(24(30)33-9-3)15(5)27-16(6)21(22)25(31)34-10-4/h11-13,22,27H,7-10,14H2,1-6H3,(H,28,29). The Bertz CT molecular complexity index is 994. The molecule has 1 amide bonds. The SMILES string of the molecule is CCOC(=O)C1=C(C)NC(C)=C(C(=O)OCC)C1C(=O)OCC(=O)Nc1c(CC)cccc1CC. The van der Waals surface area contributed by atoms with E-state index in [1.54, 1.807) is 27.7 Å². The van der Waals surface area contributed by atoms with Crippen LogP contribution in [0.4, 0.5) is 5.69 Å². The molecule has 35 heavy (non-hydrogen) atoms. The van der Waals surface area contributed by atoms with E-state index in [0.29, 0.717) is 17.1 Å². The van der Waals surface area contributed by atoms with Crippen molar-refractivity contribution in [3.8, 4) is 0 Å². The molecule has 1 aromatic rings. The van der Waals surface area contributed by atoms with E-state index in [-0.39, 0.29) is 24.4 Å². The summed E-state index contributed by atoms with van der Waals surface area (Å²) in [7, 11) is 0. The van der Waals surface area contributed by atoms with Crippen LogP contribution in [0, 0.1) is 5.92 Å². The van der Waals surface area contributed by atoms with Crippen LogP contribution in [0.1, 0.15) is 52.7 Å². The molecular formula is C26H34N2O7. The van der Waals surface area contributed by atoms with Crippen LogP contribution in [0.5, 0.6) is 0 Å². The van der Waals surface area contributed by atoms with E-state index in [1.165, 1.54) is 0 Å². The Morgan fingerprint density at radius 1 is 0.829 bits per heavy atom. The molecule has 2 N–H and O–H groups in total. The third-order valence-corrected chi connectivity index (χ3v) is 5.60. The van der Waals surface area contributed by atoms with Gasteiger partial charge in [0.15, 0.2) is 6.61 Å². The van der Waals surface area contributed by atoms with Crippen LogP contribution < -0.4 is 10.6 Å². The van der Waals surface area contributed by atoms with E-state index in [1.807, 2.05) is 32.0 Å². The van der Waals surface area contributed by atoms with Crippen molar-refractivity contribution in [1.82, 2.24) is 5.32 Å². The number of hydrogen-bond donors (Lipinski definition) is 2. The first kappa shape index (κ1) is 27.6. The predicted octanol–water partition coefficient (Wildman–Crippen LogP) is 3.19. The van der Waals surface area contributed by atoms with Crippen molar-refractivity contribution in [2.45, 2.75) is 54.4 Å². The van der Waals surface area contributed by atoms with Crippen LogP contribution in [0.15, 0.2) is 40.7 Å². The van der Waals surface area contributed by atoms with Gasteiger partial charge in [-0.25, -0.2) is 9.59 Å². The van der Waals surface area contributed by atoms with Gasteiger partial charge in [0.1, 0.15) is 5.92 Å². The van der Waals surface area contributed by atoms with Gasteiger partial charge < -0.3 is 24.8 Å². The van der Waals surface area contributed by atoms with Crippen LogP contribution in [0.3, 0.4) is 0 Å². The van der Waals surface area contributed by atoms with E-state index in [4.69, 9.17) is 14.2 Å². The molecule has 9 nitrogen and oxygen atoms in total. The zero-order chi connectivity index (χ0) is 26.1. The first-order valence-corrected chi connectivity index (χ1v) is 11.8. The summed E-state index contributed by atoms with van der Waals surface area (Å²) in [6.07, 6.45) is 1.44. The second-order valence-corrected chi connectivity index (χ2v) is 7.89. The fraction of sp³-hybridized carbons (Fsp3) is 0.462. The smallest absolute Gasteiger partial charge is 0.337 e. The van der Waals surface area contributed by atoms with Crippen molar-refractivity contribution in [3.05, 3.63) is 51.9 Å². The molecule has 0 saturated carbocycles. The highest BCUT2D eigenvalue weighted by molar-refractivity contribution is 6.06. The van der Waals surface area contributed by atoms with Crippen LogP contribution in [-0.2, 0) is 46.2 Å². The monoisotopic (exact) mass is 486 g/mol. The summed E-state index contributed by atoms with van der Waals surface area (Å²) in [5, 5.41) is 5.77. The zero-order valence-corrected chi connectivity index (χ0v) is 21.2. The highest BCUT2D eigenvalue weighted by Gasteiger charge is 2.42. The highest BCUT2D eigenvalue weighted by Crippen LogP contribution is 2.32. The second-order valence-electron chi connectivity index (χ2n) is 7.89. The summed E-state index contributed by atoms with van der Waals surface area (Å²) in [6.45, 7) is 9.99. The van der Waals surface area contributed by atoms with E-state index >= 15 is 0 Å². The van der Waals surface area contributed by atoms with Gasteiger partial charge in [-0.15, -0.1) is 0 Å². The van der Waals surface area contributed by atoms with E-state index in [2.05, 4.69) is 10.6 Å². The number of dihydropyridines is 1. The molecule has 0 bridgehead atoms. The van der Waals surface area contributed by atoms with Gasteiger partial charge in [0.2, 0.25) is 0 Å². The molecule has 1 heterocycles. The minimum absolute atomic E-state index is 0.0597. The van der Waals surface area contributed by atoms with Crippen molar-refractivity contribution >= 4 is 29.5 Å². The summed E-state index contributed by atoms with van der Waals surface area (Å²) in [6, 6.07) is 5.78. The number of rotatable bonds is 10. The average molecular weight is 487 g/mol. The molecule has 0 fully saturated rings. The van der Waals surface area contributed by atoms with Gasteiger partial charge in [-0.2, -0.15) is 0 Å². The largest absolute Gasteiger partial charge is 0.463 e. The maximum absolute atomic E-state index is 13.2. The number of hydrogen-bond acceptors (Lipinski definition) is 8. The first-order valence-electron chi connectivity index (χ1n) is 11.8. The fourth-order valence-corrected chi connectivity index (χ4v) is 3.99. The molecule has 190 valence electrons. The van der Waals surface area contributed by atoms with Crippen LogP contribution in [0.25, 0.3) is 0 Å². The third kappa shape index (κ3) is 6.49. The number of para-hydroxylation sites is 1. The first-order chi connectivity index (χ1) is 16.7. The Labute approximate surface area is 205 Å². The molecule has 0 radical (unpaired) electrons. The van der Waals surface area contributed by atoms with Gasteiger partial charge in [0.25, 0.3) is 5.91 Å². The van der Waals surface area contributed by atoms with Gasteiger partial charge in [-0.3, -0.25) is 9.59 Å². The Kier molecular flexibility index (Phi) is 10.1. The molecule has 9 heteroatoms. The molecule has 1 aliphatic heterocycles. The Morgan fingerprint density at radius 3 is 1.74 bits per heavy atom. The lowest BCUT2D eigenvalue weighted by Crippen LogP contribution is -2.39. The summed E-state index contributed by atoms with van der Waals surface area (Å²) >= 11 is 0. The molecule has 0 spiro atoms. The summed E-state index contributed by atoms with van der Waals surface area (Å²) < 4.78 is 15.5. The molecule has 0 aliphatic carbocycles. The number of anilines is 1. The second kappa shape index (κ2) is 12.7. The van der Waals surface area contributed by atoms with Gasteiger partial charge in [-0.05, 0) is 51.7 Å². The summed E-state index contributed by atoms with van der Waals surface area (Å²) in [5.74, 6) is -4.37. The molecule has 0 saturated heterocycles. The zero-order valence-electron chi connectivity index (χ0n) is 21.2. The number of carbonyl (C=O) groups is 4. The Morgan fingerprint density at radius 2 is 1.31 bits per heavy atom. The lowest BCUT2D eigenvalue weighted by molar-refractivity contribution is -0.153. The number of allylic oxidation sites excluding steroid dienone is 2. The summed E-state index contributed by atoms with van der Waals surface area (Å²) in [5.41, 5.74) is 3.22. The Hall–Kier alpha value is -3.62. The van der Waals surface area contributed by atoms with E-state index < -0.39 is 36.3 Å². The van der Waals surface area contributed by atoms with Crippen LogP contribution in [0.2, 0.25) is 0 Å². The number of benzene rings is 1. The number of ether oxygens (including phenoxy) is 3. The maximum atomic E-state index is 13.2. The van der Waals surface area contributed by atoms with Crippen molar-refractivity contribution in [3.63, 3.8) is 0 Å². The number of aryl methyl sites for hydroxylation is 2. The number of nitrogens with one attached hydrogen (secondary N) is 2. The normalized spacial score (nSPS) is 13.8. The topological polar surface area (TPSA) is 120 Å². The van der Waals surface area contributed by atoms with Crippen molar-refractivity contribution < 1.29 is 33.4 Å². The Balaban J connectivity index is 2.30. The number of esters is 3. The van der Waals surface area contributed by atoms with Gasteiger partial charge in [0.05, 0.1) is 24.4 Å². The quantitative estimate of drug-likeness (QED) is 0.382. The molecule has 2 rings (SSSR count). The minimum Gasteiger partial charge on any atom is -0.463 e. The number of carbonyl (C=O) groups excluding carboxylic acids is 4. The van der Waals surface area contributed by atoms with Crippen LogP contribution in [-0.4, -0.2) is 43.6 Å². The molecule has 1 aliphatic rings. The van der Waals surface area contributed by atoms with E-state index in [0.717, 1.165) is 24.0 Å². The number of amides is 1. The van der Waals surface area contributed by atoms with Crippen LogP contribution >= 0.6 is 0 Å². The van der Waals surface area contributed by atoms with Crippen molar-refractivity contribution in [2.24, 2.45) is 5.92 Å². The highest BCUT2D eigenvalue weighted by atomic mass is 16.5. The minimum atomic E-state index is -1.39. The van der Waals surface area contributed by atoms with Gasteiger partial charge in [0, 0.05) is 17.1 Å². The maximum Gasteiger partial charge on any atom is 0.337 e. The lowest BCUT2D eigenvalue weighted by atomic mass is 9.85.